The number of hydrogen-bond acceptors (Lipinski definition) is 5. The van der Waals surface area contributed by atoms with E-state index < -0.39 is 0 Å². The molecule has 4 nitrogen and oxygen atoms in total. The molecule has 3 heterocycles. The molecule has 1 fully saturated rings. The smallest absolute Gasteiger partial charge is 0.133 e. The van der Waals surface area contributed by atoms with Crippen LogP contribution >= 0.6 is 11.3 Å². The summed E-state index contributed by atoms with van der Waals surface area (Å²) < 4.78 is 0. The molecule has 0 spiro atoms. The summed E-state index contributed by atoms with van der Waals surface area (Å²) in [6.45, 7) is 6.14. The minimum absolute atomic E-state index is 0.868. The molecule has 0 radical (unpaired) electrons. The van der Waals surface area contributed by atoms with Crippen LogP contribution in [0.2, 0.25) is 0 Å². The van der Waals surface area contributed by atoms with Crippen LogP contribution in [-0.2, 0) is 13.1 Å². The number of aromatic nitrogens is 1. The van der Waals surface area contributed by atoms with E-state index in [0.717, 1.165) is 45.1 Å². The Kier molecular flexibility index (Phi) is 4.85. The number of piperazine rings is 1. The summed E-state index contributed by atoms with van der Waals surface area (Å²) in [5.74, 6) is 1.14. The van der Waals surface area contributed by atoms with Gasteiger partial charge in [0, 0.05) is 55.9 Å². The van der Waals surface area contributed by atoms with Crippen LogP contribution < -0.4 is 10.2 Å². The molecule has 0 aromatic carbocycles. The van der Waals surface area contributed by atoms with E-state index in [1.54, 1.807) is 11.3 Å². The number of rotatable bonds is 5. The van der Waals surface area contributed by atoms with Gasteiger partial charge in [0.1, 0.15) is 5.82 Å². The third-order valence-corrected chi connectivity index (χ3v) is 4.74. The fourth-order valence-electron chi connectivity index (χ4n) is 2.60. The van der Waals surface area contributed by atoms with Crippen LogP contribution in [0.4, 0.5) is 5.82 Å². The Bertz CT molecular complexity index is 547. The molecule has 2 aromatic heterocycles. The van der Waals surface area contributed by atoms with E-state index in [1.165, 1.54) is 10.4 Å². The Labute approximate surface area is 130 Å². The van der Waals surface area contributed by atoms with E-state index in [1.807, 2.05) is 12.3 Å². The predicted molar refractivity (Wildman–Crippen MR) is 88.8 cm³/mol. The summed E-state index contributed by atoms with van der Waals surface area (Å²) in [5, 5.41) is 5.65. The van der Waals surface area contributed by atoms with E-state index in [-0.39, 0.29) is 0 Å². The normalized spacial score (nSPS) is 16.3. The molecule has 2 aromatic rings. The molecule has 0 saturated carbocycles. The van der Waals surface area contributed by atoms with Crippen molar-refractivity contribution in [1.29, 1.82) is 0 Å². The number of likely N-dealkylation sites (N-methyl/N-ethyl adjacent to an activating group) is 1. The summed E-state index contributed by atoms with van der Waals surface area (Å²) >= 11 is 1.80. The second-order valence-electron chi connectivity index (χ2n) is 5.46. The van der Waals surface area contributed by atoms with Gasteiger partial charge in [-0.15, -0.1) is 11.3 Å². The third-order valence-electron chi connectivity index (χ3n) is 3.87. The Morgan fingerprint density at radius 2 is 2.00 bits per heavy atom. The second kappa shape index (κ2) is 7.02. The van der Waals surface area contributed by atoms with Crippen molar-refractivity contribution in [3.63, 3.8) is 0 Å². The molecule has 0 aliphatic carbocycles. The van der Waals surface area contributed by atoms with Gasteiger partial charge in [-0.1, -0.05) is 12.1 Å². The molecule has 1 aliphatic rings. The first-order valence-electron chi connectivity index (χ1n) is 7.43. The number of thiophene rings is 1. The molecule has 0 bridgehead atoms. The lowest BCUT2D eigenvalue weighted by Crippen LogP contribution is -2.45. The Balaban J connectivity index is 1.62. The fraction of sp³-hybridized carbons (Fsp3) is 0.438. The maximum Gasteiger partial charge on any atom is 0.133 e. The van der Waals surface area contributed by atoms with Gasteiger partial charge < -0.3 is 15.1 Å². The van der Waals surface area contributed by atoms with Crippen molar-refractivity contribution in [2.24, 2.45) is 0 Å². The zero-order chi connectivity index (χ0) is 14.5. The molecule has 21 heavy (non-hydrogen) atoms. The molecule has 1 N–H and O–H groups in total. The highest BCUT2D eigenvalue weighted by Gasteiger charge is 2.17. The third kappa shape index (κ3) is 3.81. The Morgan fingerprint density at radius 3 is 2.76 bits per heavy atom. The summed E-state index contributed by atoms with van der Waals surface area (Å²) in [5.41, 5.74) is 1.29. The molecular weight excluding hydrogens is 280 g/mol. The minimum atomic E-state index is 0.868. The second-order valence-corrected chi connectivity index (χ2v) is 6.49. The number of anilines is 1. The molecule has 0 atom stereocenters. The van der Waals surface area contributed by atoms with Crippen LogP contribution in [0.25, 0.3) is 0 Å². The van der Waals surface area contributed by atoms with Gasteiger partial charge in [0.25, 0.3) is 0 Å². The molecule has 112 valence electrons. The molecule has 0 amide bonds. The van der Waals surface area contributed by atoms with E-state index >= 15 is 0 Å². The molecule has 3 rings (SSSR count). The standard InChI is InChI=1S/C16H22N4S/c1-19-7-9-20(10-8-19)16-14(4-2-6-18-16)12-17-13-15-5-3-11-21-15/h2-6,11,17H,7-10,12-13H2,1H3. The van der Waals surface area contributed by atoms with E-state index in [4.69, 9.17) is 0 Å². The molecule has 5 heteroatoms. The van der Waals surface area contributed by atoms with Crippen LogP contribution in [0.15, 0.2) is 35.8 Å². The molecular formula is C16H22N4S. The van der Waals surface area contributed by atoms with Crippen molar-refractivity contribution in [2.75, 3.05) is 38.1 Å². The lowest BCUT2D eigenvalue weighted by molar-refractivity contribution is 0.311. The first kappa shape index (κ1) is 14.5. The van der Waals surface area contributed by atoms with E-state index in [2.05, 4.69) is 50.7 Å². The average Bonchev–Trinajstić information content (AvgIpc) is 3.02. The van der Waals surface area contributed by atoms with Crippen LogP contribution in [0.1, 0.15) is 10.4 Å². The quantitative estimate of drug-likeness (QED) is 0.917. The van der Waals surface area contributed by atoms with Crippen molar-refractivity contribution in [1.82, 2.24) is 15.2 Å². The van der Waals surface area contributed by atoms with Gasteiger partial charge in [0.2, 0.25) is 0 Å². The minimum Gasteiger partial charge on any atom is -0.354 e. The zero-order valence-corrected chi connectivity index (χ0v) is 13.3. The fourth-order valence-corrected chi connectivity index (χ4v) is 3.28. The SMILES string of the molecule is CN1CCN(c2ncccc2CNCc2cccs2)CC1. The van der Waals surface area contributed by atoms with Crippen LogP contribution in [-0.4, -0.2) is 43.1 Å². The predicted octanol–water partition coefficient (Wildman–Crippen LogP) is 2.18. The van der Waals surface area contributed by atoms with E-state index in [9.17, 15) is 0 Å². The lowest BCUT2D eigenvalue weighted by Gasteiger charge is -2.34. The van der Waals surface area contributed by atoms with Gasteiger partial charge in [-0.05, 0) is 24.6 Å². The monoisotopic (exact) mass is 302 g/mol. The lowest BCUT2D eigenvalue weighted by atomic mass is 10.2. The molecule has 1 saturated heterocycles. The largest absolute Gasteiger partial charge is 0.354 e. The Hall–Kier alpha value is -1.43. The van der Waals surface area contributed by atoms with Crippen molar-refractivity contribution in [3.05, 3.63) is 46.3 Å². The van der Waals surface area contributed by atoms with Gasteiger partial charge in [0.15, 0.2) is 0 Å². The molecule has 0 unspecified atom stereocenters. The number of hydrogen-bond donors (Lipinski definition) is 1. The highest BCUT2D eigenvalue weighted by Crippen LogP contribution is 2.19. The highest BCUT2D eigenvalue weighted by molar-refractivity contribution is 7.09. The van der Waals surface area contributed by atoms with Crippen molar-refractivity contribution in [2.45, 2.75) is 13.1 Å². The summed E-state index contributed by atoms with van der Waals surface area (Å²) in [4.78, 5) is 10.8. The first-order chi connectivity index (χ1) is 10.3. The topological polar surface area (TPSA) is 31.4 Å². The number of nitrogens with zero attached hydrogens (tertiary/aromatic N) is 3. The van der Waals surface area contributed by atoms with Gasteiger partial charge in [-0.3, -0.25) is 0 Å². The maximum absolute atomic E-state index is 4.61. The van der Waals surface area contributed by atoms with Crippen LogP contribution in [0, 0.1) is 0 Å². The average molecular weight is 302 g/mol. The highest BCUT2D eigenvalue weighted by atomic mass is 32.1. The van der Waals surface area contributed by atoms with E-state index in [0.29, 0.717) is 0 Å². The summed E-state index contributed by atoms with van der Waals surface area (Å²) in [7, 11) is 2.18. The number of nitrogens with one attached hydrogen (secondary N) is 1. The zero-order valence-electron chi connectivity index (χ0n) is 12.5. The summed E-state index contributed by atoms with van der Waals surface area (Å²) in [6, 6.07) is 8.48. The van der Waals surface area contributed by atoms with Gasteiger partial charge in [-0.25, -0.2) is 4.98 Å². The van der Waals surface area contributed by atoms with Crippen molar-refractivity contribution < 1.29 is 0 Å². The van der Waals surface area contributed by atoms with Crippen LogP contribution in [0.5, 0.6) is 0 Å². The first-order valence-corrected chi connectivity index (χ1v) is 8.31. The van der Waals surface area contributed by atoms with Crippen LogP contribution in [0.3, 0.4) is 0 Å². The maximum atomic E-state index is 4.61. The summed E-state index contributed by atoms with van der Waals surface area (Å²) in [6.07, 6.45) is 1.90. The van der Waals surface area contributed by atoms with Crippen molar-refractivity contribution >= 4 is 17.2 Å². The van der Waals surface area contributed by atoms with Crippen molar-refractivity contribution in [3.8, 4) is 0 Å². The van der Waals surface area contributed by atoms with Gasteiger partial charge in [0.05, 0.1) is 0 Å². The molecule has 1 aliphatic heterocycles. The number of pyridine rings is 1. The van der Waals surface area contributed by atoms with Gasteiger partial charge >= 0.3 is 0 Å². The Morgan fingerprint density at radius 1 is 1.14 bits per heavy atom. The van der Waals surface area contributed by atoms with Gasteiger partial charge in [-0.2, -0.15) is 0 Å².